The number of guanidine groups is 1. The molecule has 1 aliphatic heterocycles. The lowest BCUT2D eigenvalue weighted by molar-refractivity contribution is -0.154. The highest BCUT2D eigenvalue weighted by atomic mass is 19.4. The summed E-state index contributed by atoms with van der Waals surface area (Å²) in [7, 11) is 0. The van der Waals surface area contributed by atoms with Crippen LogP contribution >= 0.6 is 0 Å². The van der Waals surface area contributed by atoms with Crippen molar-refractivity contribution in [1.29, 1.82) is 5.26 Å². The highest BCUT2D eigenvalue weighted by molar-refractivity contribution is 5.79. The zero-order valence-electron chi connectivity index (χ0n) is 17.9. The van der Waals surface area contributed by atoms with Gasteiger partial charge in [0.2, 0.25) is 11.7 Å². The number of hydrogen-bond donors (Lipinski definition) is 3. The summed E-state index contributed by atoms with van der Waals surface area (Å²) >= 11 is 0. The molecule has 5 rings (SSSR count). The maximum atomic E-state index is 12.7. The number of nitriles is 1. The number of benzene rings is 2. The molecule has 4 N–H and O–H groups in total. The molecule has 2 aromatic carbocycles. The van der Waals surface area contributed by atoms with Crippen molar-refractivity contribution in [2.24, 2.45) is 16.1 Å². The average Bonchev–Trinajstić information content (AvgIpc) is 3.32. The third-order valence-electron chi connectivity index (χ3n) is 7.16. The third kappa shape index (κ3) is 3.73. The van der Waals surface area contributed by atoms with Crippen molar-refractivity contribution in [2.75, 3.05) is 6.54 Å². The van der Waals surface area contributed by atoms with Crippen molar-refractivity contribution in [1.82, 2.24) is 10.8 Å². The van der Waals surface area contributed by atoms with Gasteiger partial charge in [0, 0.05) is 17.0 Å². The van der Waals surface area contributed by atoms with E-state index in [9.17, 15) is 18.4 Å². The predicted octanol–water partition coefficient (Wildman–Crippen LogP) is 3.86. The van der Waals surface area contributed by atoms with Crippen molar-refractivity contribution in [2.45, 2.75) is 50.0 Å². The van der Waals surface area contributed by atoms with Gasteiger partial charge in [-0.2, -0.15) is 18.4 Å². The molecule has 33 heavy (non-hydrogen) atoms. The lowest BCUT2D eigenvalue weighted by Gasteiger charge is -2.45. The van der Waals surface area contributed by atoms with Crippen LogP contribution in [0.3, 0.4) is 0 Å². The highest BCUT2D eigenvalue weighted by Crippen LogP contribution is 2.61. The summed E-state index contributed by atoms with van der Waals surface area (Å²) < 4.78 is 38.0. The smallest absolute Gasteiger partial charge is 0.368 e. The van der Waals surface area contributed by atoms with Crippen molar-refractivity contribution >= 4 is 5.96 Å². The van der Waals surface area contributed by atoms with E-state index < -0.39 is 23.9 Å². The molecule has 0 radical (unpaired) electrons. The molecule has 9 heteroatoms. The molecule has 6 nitrogen and oxygen atoms in total. The summed E-state index contributed by atoms with van der Waals surface area (Å²) in [5.41, 5.74) is 11.7. The van der Waals surface area contributed by atoms with Gasteiger partial charge in [0.1, 0.15) is 0 Å². The van der Waals surface area contributed by atoms with Crippen molar-refractivity contribution < 1.29 is 18.0 Å². The van der Waals surface area contributed by atoms with Gasteiger partial charge >= 0.3 is 6.18 Å². The quantitative estimate of drug-likeness (QED) is 0.653. The Morgan fingerprint density at radius 1 is 1.18 bits per heavy atom. The number of hydrogen-bond acceptors (Lipinski definition) is 6. The minimum atomic E-state index is -4.23. The molecular weight excluding hydrogens is 431 g/mol. The number of nitrogens with one attached hydrogen (secondary N) is 2. The Hall–Kier alpha value is -3.09. The van der Waals surface area contributed by atoms with E-state index in [1.165, 1.54) is 0 Å². The Kier molecular flexibility index (Phi) is 5.10. The molecule has 172 valence electrons. The molecule has 0 bridgehead atoms. The van der Waals surface area contributed by atoms with Gasteiger partial charge in [-0.05, 0) is 67.0 Å². The van der Waals surface area contributed by atoms with E-state index in [1.807, 2.05) is 30.3 Å². The van der Waals surface area contributed by atoms with Crippen molar-refractivity contribution in [3.05, 3.63) is 59.2 Å². The number of rotatable bonds is 3. The molecule has 1 unspecified atom stereocenters. The van der Waals surface area contributed by atoms with Crippen LogP contribution in [0.5, 0.6) is 0 Å². The Balaban J connectivity index is 1.47. The summed E-state index contributed by atoms with van der Waals surface area (Å²) in [4.78, 5) is 10.8. The Bertz CT molecular complexity index is 1150. The second kappa shape index (κ2) is 7.75. The normalized spacial score (nSPS) is 28.4. The molecule has 3 aliphatic rings. The number of nitrogens with zero attached hydrogens (tertiary/aromatic N) is 2. The van der Waals surface area contributed by atoms with E-state index in [0.717, 1.165) is 22.3 Å². The first-order valence-electron chi connectivity index (χ1n) is 11.0. The lowest BCUT2D eigenvalue weighted by Crippen LogP contribution is -2.49. The van der Waals surface area contributed by atoms with Gasteiger partial charge in [-0.3, -0.25) is 0 Å². The molecule has 1 atom stereocenters. The molecule has 2 aliphatic carbocycles. The fourth-order valence-electron chi connectivity index (χ4n) is 5.60. The van der Waals surface area contributed by atoms with Crippen LogP contribution in [0.4, 0.5) is 13.2 Å². The molecule has 1 saturated carbocycles. The standard InChI is InChI=1S/C24H24F3N5O/c25-23(26,27)14-30-19-6-8-22(9-7-19)12-18-5-4-17(16-3-1-2-15(10-16)13-28)11-20(18)24(22)31-21(29)32-33-24/h1-5,10-11,19,30H,6-9,12,14H2,(H3,29,31,32). The average molecular weight is 455 g/mol. The zero-order chi connectivity index (χ0) is 23.3. The number of aliphatic imine (C=N–C) groups is 1. The zero-order valence-corrected chi connectivity index (χ0v) is 17.9. The molecule has 0 saturated heterocycles. The van der Waals surface area contributed by atoms with E-state index in [4.69, 9.17) is 15.6 Å². The number of halogens is 3. The predicted molar refractivity (Wildman–Crippen MR) is 117 cm³/mol. The molecule has 1 heterocycles. The second-order valence-corrected chi connectivity index (χ2v) is 9.14. The lowest BCUT2D eigenvalue weighted by atomic mass is 9.66. The maximum absolute atomic E-state index is 12.7. The number of hydroxylamine groups is 1. The fourth-order valence-corrected chi connectivity index (χ4v) is 5.60. The van der Waals surface area contributed by atoms with E-state index in [0.29, 0.717) is 37.7 Å². The third-order valence-corrected chi connectivity index (χ3v) is 7.16. The van der Waals surface area contributed by atoms with E-state index in [-0.39, 0.29) is 12.0 Å². The number of alkyl halides is 3. The number of nitrogens with two attached hydrogens (primary N) is 1. The van der Waals surface area contributed by atoms with Crippen LogP contribution in [-0.4, -0.2) is 24.7 Å². The van der Waals surface area contributed by atoms with E-state index >= 15 is 0 Å². The van der Waals surface area contributed by atoms with Crippen molar-refractivity contribution in [3.8, 4) is 17.2 Å². The number of fused-ring (bicyclic) bond motifs is 3. The van der Waals surface area contributed by atoms with Gasteiger partial charge in [-0.1, -0.05) is 24.3 Å². The maximum Gasteiger partial charge on any atom is 0.401 e. The molecule has 2 spiro atoms. The van der Waals surface area contributed by atoms with Gasteiger partial charge in [0.15, 0.2) is 0 Å². The minimum Gasteiger partial charge on any atom is -0.368 e. The fraction of sp³-hybridized carbons (Fsp3) is 0.417. The van der Waals surface area contributed by atoms with Gasteiger partial charge in [0.25, 0.3) is 0 Å². The topological polar surface area (TPSA) is 95.5 Å². The summed E-state index contributed by atoms with van der Waals surface area (Å²) in [6.45, 7) is -0.982. The molecule has 1 fully saturated rings. The largest absolute Gasteiger partial charge is 0.401 e. The van der Waals surface area contributed by atoms with Crippen molar-refractivity contribution in [3.63, 3.8) is 0 Å². The Morgan fingerprint density at radius 2 is 1.94 bits per heavy atom. The Morgan fingerprint density at radius 3 is 2.61 bits per heavy atom. The van der Waals surface area contributed by atoms with Gasteiger partial charge < -0.3 is 11.1 Å². The van der Waals surface area contributed by atoms with E-state index in [1.54, 1.807) is 6.07 Å². The summed E-state index contributed by atoms with van der Waals surface area (Å²) in [5.74, 6) is 0.191. The summed E-state index contributed by atoms with van der Waals surface area (Å²) in [6, 6.07) is 15.5. The SMILES string of the molecule is N#Cc1cccc(-c2ccc3c(c2)C2(N=C(N)NO2)C2(CCC(NCC(F)(F)F)CC2)C3)c1. The van der Waals surface area contributed by atoms with Gasteiger partial charge in [-0.15, -0.1) is 0 Å². The first-order chi connectivity index (χ1) is 15.7. The van der Waals surface area contributed by atoms with Gasteiger partial charge in [-0.25, -0.2) is 15.3 Å². The Labute approximate surface area is 189 Å². The van der Waals surface area contributed by atoms with Crippen LogP contribution in [0.25, 0.3) is 11.1 Å². The van der Waals surface area contributed by atoms with Crippen LogP contribution in [0.2, 0.25) is 0 Å². The van der Waals surface area contributed by atoms with Crippen LogP contribution in [0, 0.1) is 16.7 Å². The van der Waals surface area contributed by atoms with Crippen LogP contribution < -0.4 is 16.5 Å². The highest BCUT2D eigenvalue weighted by Gasteiger charge is 2.62. The van der Waals surface area contributed by atoms with E-state index in [2.05, 4.69) is 22.9 Å². The first-order valence-corrected chi connectivity index (χ1v) is 11.0. The van der Waals surface area contributed by atoms with Crippen LogP contribution in [0.15, 0.2) is 47.5 Å². The van der Waals surface area contributed by atoms with Crippen LogP contribution in [-0.2, 0) is 17.0 Å². The van der Waals surface area contributed by atoms with Gasteiger partial charge in [0.05, 0.1) is 18.2 Å². The minimum absolute atomic E-state index is 0.191. The molecule has 2 aromatic rings. The first kappa shape index (κ1) is 21.7. The van der Waals surface area contributed by atoms with Crippen LogP contribution in [0.1, 0.15) is 42.4 Å². The molecule has 0 aromatic heterocycles. The summed E-state index contributed by atoms with van der Waals surface area (Å²) in [5, 5.41) is 11.9. The monoisotopic (exact) mass is 455 g/mol. The second-order valence-electron chi connectivity index (χ2n) is 9.14. The summed E-state index contributed by atoms with van der Waals surface area (Å²) in [6.07, 6.45) is -0.991. The molecule has 0 amide bonds. The molecular formula is C24H24F3N5O.